The maximum Gasteiger partial charge on any atom is 0.191 e. The third-order valence-corrected chi connectivity index (χ3v) is 5.43. The van der Waals surface area contributed by atoms with Crippen molar-refractivity contribution in [3.63, 3.8) is 0 Å². The predicted molar refractivity (Wildman–Crippen MR) is 109 cm³/mol. The van der Waals surface area contributed by atoms with Crippen molar-refractivity contribution < 1.29 is 9.47 Å². The van der Waals surface area contributed by atoms with Gasteiger partial charge in [-0.25, -0.2) is 0 Å². The van der Waals surface area contributed by atoms with E-state index in [1.165, 1.54) is 0 Å². The van der Waals surface area contributed by atoms with Gasteiger partial charge < -0.3 is 14.0 Å². The average Bonchev–Trinajstić information content (AvgIpc) is 3.07. The van der Waals surface area contributed by atoms with Crippen LogP contribution in [0, 0.1) is 0 Å². The van der Waals surface area contributed by atoms with Crippen LogP contribution in [0.2, 0.25) is 10.0 Å². The van der Waals surface area contributed by atoms with E-state index in [-0.39, 0.29) is 6.61 Å². The topological polar surface area (TPSA) is 49.2 Å². The molecule has 0 amide bonds. The maximum absolute atomic E-state index is 6.15. The maximum atomic E-state index is 6.15. The first kappa shape index (κ1) is 19.9. The number of nitrogens with zero attached hydrogens (tertiary/aromatic N) is 3. The first-order valence-electron chi connectivity index (χ1n) is 8.36. The van der Waals surface area contributed by atoms with Gasteiger partial charge in [-0.15, -0.1) is 10.2 Å². The van der Waals surface area contributed by atoms with E-state index in [2.05, 4.69) is 23.2 Å². The fraction of sp³-hybridized carbons (Fsp3) is 0.263. The van der Waals surface area contributed by atoms with Gasteiger partial charge in [0, 0.05) is 17.3 Å². The first-order chi connectivity index (χ1) is 13.1. The molecule has 0 atom stereocenters. The van der Waals surface area contributed by atoms with E-state index < -0.39 is 0 Å². The highest BCUT2D eigenvalue weighted by molar-refractivity contribution is 7.98. The number of methoxy groups -OCH3 is 1. The molecule has 27 heavy (non-hydrogen) atoms. The third-order valence-electron chi connectivity index (χ3n) is 3.86. The largest absolute Gasteiger partial charge is 0.497 e. The van der Waals surface area contributed by atoms with Crippen LogP contribution in [-0.4, -0.2) is 21.9 Å². The van der Waals surface area contributed by atoms with E-state index in [0.29, 0.717) is 15.8 Å². The number of benzene rings is 2. The third kappa shape index (κ3) is 5.09. The highest BCUT2D eigenvalue weighted by Gasteiger charge is 2.13. The molecule has 3 aromatic rings. The van der Waals surface area contributed by atoms with Crippen LogP contribution in [0.1, 0.15) is 18.3 Å². The highest BCUT2D eigenvalue weighted by atomic mass is 35.5. The fourth-order valence-electron chi connectivity index (χ4n) is 2.49. The number of aromatic nitrogens is 3. The molecule has 0 aliphatic carbocycles. The minimum Gasteiger partial charge on any atom is -0.497 e. The van der Waals surface area contributed by atoms with Crippen LogP contribution in [0.5, 0.6) is 11.5 Å². The van der Waals surface area contributed by atoms with Crippen LogP contribution < -0.4 is 9.47 Å². The SMILES string of the molecule is CCn1c(COc2ccc(Cl)cc2Cl)nnc1SCc1cccc(OC)c1. The second-order valence-electron chi connectivity index (χ2n) is 5.65. The normalized spacial score (nSPS) is 10.8. The molecule has 0 unspecified atom stereocenters. The summed E-state index contributed by atoms with van der Waals surface area (Å²) in [6, 6.07) is 13.1. The van der Waals surface area contributed by atoms with Crippen LogP contribution in [0.25, 0.3) is 0 Å². The van der Waals surface area contributed by atoms with Gasteiger partial charge in [0.05, 0.1) is 12.1 Å². The molecule has 5 nitrogen and oxygen atoms in total. The number of hydrogen-bond donors (Lipinski definition) is 0. The van der Waals surface area contributed by atoms with Gasteiger partial charge in [0.1, 0.15) is 18.1 Å². The Labute approximate surface area is 172 Å². The lowest BCUT2D eigenvalue weighted by Crippen LogP contribution is -2.07. The molecule has 1 heterocycles. The van der Waals surface area contributed by atoms with Gasteiger partial charge >= 0.3 is 0 Å². The van der Waals surface area contributed by atoms with Gasteiger partial charge in [0.15, 0.2) is 11.0 Å². The van der Waals surface area contributed by atoms with Gasteiger partial charge in [0.25, 0.3) is 0 Å². The van der Waals surface area contributed by atoms with Crippen molar-refractivity contribution in [2.45, 2.75) is 31.0 Å². The monoisotopic (exact) mass is 423 g/mol. The van der Waals surface area contributed by atoms with Crippen molar-refractivity contribution in [1.82, 2.24) is 14.8 Å². The Morgan fingerprint density at radius 1 is 1.11 bits per heavy atom. The van der Waals surface area contributed by atoms with E-state index in [1.807, 2.05) is 22.8 Å². The quantitative estimate of drug-likeness (QED) is 0.448. The summed E-state index contributed by atoms with van der Waals surface area (Å²) in [6.45, 7) is 3.08. The van der Waals surface area contributed by atoms with Crippen LogP contribution in [-0.2, 0) is 18.9 Å². The molecule has 0 radical (unpaired) electrons. The van der Waals surface area contributed by atoms with Crippen molar-refractivity contribution in [2.75, 3.05) is 7.11 Å². The zero-order valence-corrected chi connectivity index (χ0v) is 17.3. The van der Waals surface area contributed by atoms with Crippen molar-refractivity contribution >= 4 is 35.0 Å². The Bertz CT molecular complexity index is 918. The molecule has 0 aliphatic heterocycles. The molecule has 8 heteroatoms. The second kappa shape index (κ2) is 9.35. The summed E-state index contributed by atoms with van der Waals surface area (Å²) in [6.07, 6.45) is 0. The molecule has 0 saturated carbocycles. The summed E-state index contributed by atoms with van der Waals surface area (Å²) in [5.74, 6) is 2.94. The van der Waals surface area contributed by atoms with Crippen LogP contribution in [0.3, 0.4) is 0 Å². The zero-order chi connectivity index (χ0) is 19.2. The van der Waals surface area contributed by atoms with Gasteiger partial charge in [0.2, 0.25) is 0 Å². The molecule has 142 valence electrons. The number of rotatable bonds is 8. The van der Waals surface area contributed by atoms with Gasteiger partial charge in [-0.3, -0.25) is 0 Å². The van der Waals surface area contributed by atoms with E-state index in [4.69, 9.17) is 32.7 Å². The second-order valence-corrected chi connectivity index (χ2v) is 7.43. The summed E-state index contributed by atoms with van der Waals surface area (Å²) in [7, 11) is 1.67. The molecule has 0 spiro atoms. The summed E-state index contributed by atoms with van der Waals surface area (Å²) in [4.78, 5) is 0. The molecule has 0 aliphatic rings. The smallest absolute Gasteiger partial charge is 0.191 e. The van der Waals surface area contributed by atoms with Crippen LogP contribution in [0.4, 0.5) is 0 Å². The lowest BCUT2D eigenvalue weighted by molar-refractivity contribution is 0.288. The van der Waals surface area contributed by atoms with E-state index >= 15 is 0 Å². The Hall–Kier alpha value is -1.89. The minimum absolute atomic E-state index is 0.280. The van der Waals surface area contributed by atoms with Crippen molar-refractivity contribution in [3.05, 3.63) is 63.9 Å². The van der Waals surface area contributed by atoms with E-state index in [9.17, 15) is 0 Å². The minimum atomic E-state index is 0.280. The predicted octanol–water partition coefficient (Wildman–Crippen LogP) is 5.48. The number of halogens is 2. The number of ether oxygens (including phenoxy) is 2. The van der Waals surface area contributed by atoms with Gasteiger partial charge in [-0.2, -0.15) is 0 Å². The molecule has 0 fully saturated rings. The van der Waals surface area contributed by atoms with Crippen molar-refractivity contribution in [3.8, 4) is 11.5 Å². The van der Waals surface area contributed by atoms with E-state index in [1.54, 1.807) is 37.1 Å². The molecule has 1 aromatic heterocycles. The molecular formula is C19H19Cl2N3O2S. The Morgan fingerprint density at radius 2 is 1.96 bits per heavy atom. The lowest BCUT2D eigenvalue weighted by Gasteiger charge is -2.10. The van der Waals surface area contributed by atoms with Gasteiger partial charge in [-0.1, -0.05) is 47.1 Å². The standard InChI is InChI=1S/C19H19Cl2N3O2S/c1-3-24-18(11-26-17-8-7-14(20)10-16(17)21)22-23-19(24)27-12-13-5-4-6-15(9-13)25-2/h4-10H,3,11-12H2,1-2H3. The zero-order valence-electron chi connectivity index (χ0n) is 15.0. The molecule has 0 saturated heterocycles. The summed E-state index contributed by atoms with van der Waals surface area (Å²) in [5, 5.41) is 10.5. The number of thioether (sulfide) groups is 1. The van der Waals surface area contributed by atoms with Crippen molar-refractivity contribution in [2.24, 2.45) is 0 Å². The summed E-state index contributed by atoms with van der Waals surface area (Å²) >= 11 is 13.7. The first-order valence-corrected chi connectivity index (χ1v) is 10.1. The van der Waals surface area contributed by atoms with Gasteiger partial charge in [-0.05, 0) is 42.8 Å². The lowest BCUT2D eigenvalue weighted by atomic mass is 10.2. The molecule has 3 rings (SSSR count). The molecule has 2 aromatic carbocycles. The summed E-state index contributed by atoms with van der Waals surface area (Å²) < 4.78 is 13.1. The van der Waals surface area contributed by atoms with Crippen molar-refractivity contribution in [1.29, 1.82) is 0 Å². The number of hydrogen-bond acceptors (Lipinski definition) is 5. The molecule has 0 bridgehead atoms. The van der Waals surface area contributed by atoms with Crippen LogP contribution >= 0.6 is 35.0 Å². The Balaban J connectivity index is 1.67. The average molecular weight is 424 g/mol. The summed E-state index contributed by atoms with van der Waals surface area (Å²) in [5.41, 5.74) is 1.16. The molecule has 0 N–H and O–H groups in total. The van der Waals surface area contributed by atoms with E-state index in [0.717, 1.165) is 34.6 Å². The highest BCUT2D eigenvalue weighted by Crippen LogP contribution is 2.29. The fourth-order valence-corrected chi connectivity index (χ4v) is 3.92. The molecular weight excluding hydrogens is 405 g/mol. The Kier molecular flexibility index (Phi) is 6.88. The Morgan fingerprint density at radius 3 is 2.70 bits per heavy atom. The van der Waals surface area contributed by atoms with Crippen LogP contribution in [0.15, 0.2) is 47.6 Å².